The molecule has 0 radical (unpaired) electrons. The van der Waals surface area contributed by atoms with Crippen LogP contribution in [0.25, 0.3) is 10.9 Å². The van der Waals surface area contributed by atoms with Crippen LogP contribution in [0, 0.1) is 5.92 Å². The van der Waals surface area contributed by atoms with Gasteiger partial charge < -0.3 is 24.5 Å². The van der Waals surface area contributed by atoms with Crippen LogP contribution >= 0.6 is 0 Å². The molecule has 1 atom stereocenters. The number of amides is 1. The highest BCUT2D eigenvalue weighted by Crippen LogP contribution is 2.28. The third-order valence-electron chi connectivity index (χ3n) is 6.42. The van der Waals surface area contributed by atoms with Crippen LogP contribution in [0.15, 0.2) is 65.5 Å². The summed E-state index contributed by atoms with van der Waals surface area (Å²) in [6, 6.07) is 18.5. The molecular formula is C26H30N2O5. The maximum Gasteiger partial charge on any atom is 0.407 e. The fourth-order valence-corrected chi connectivity index (χ4v) is 4.50. The zero-order chi connectivity index (χ0) is 23.2. The number of carbonyl (C=O) groups excluding carboxylic acids is 1. The highest BCUT2D eigenvalue weighted by Gasteiger charge is 2.28. The average Bonchev–Trinajstić information content (AvgIpc) is 2.85. The highest BCUT2D eigenvalue weighted by molar-refractivity contribution is 5.80. The van der Waals surface area contributed by atoms with E-state index in [1.165, 1.54) is 6.07 Å². The van der Waals surface area contributed by atoms with Gasteiger partial charge in [-0.3, -0.25) is 4.79 Å². The van der Waals surface area contributed by atoms with Gasteiger partial charge in [0.2, 0.25) is 0 Å². The lowest BCUT2D eigenvalue weighted by Crippen LogP contribution is -2.40. The van der Waals surface area contributed by atoms with Gasteiger partial charge >= 0.3 is 6.09 Å². The van der Waals surface area contributed by atoms with Crippen LogP contribution < -0.4 is 15.6 Å². The molecule has 33 heavy (non-hydrogen) atoms. The van der Waals surface area contributed by atoms with Gasteiger partial charge in [-0.2, -0.15) is 0 Å². The van der Waals surface area contributed by atoms with Gasteiger partial charge in [-0.15, -0.1) is 0 Å². The van der Waals surface area contributed by atoms with Gasteiger partial charge in [0.05, 0.1) is 25.3 Å². The quantitative estimate of drug-likeness (QED) is 0.571. The average molecular weight is 451 g/mol. The first-order valence-corrected chi connectivity index (χ1v) is 11.4. The Hall–Kier alpha value is -3.32. The van der Waals surface area contributed by atoms with E-state index in [0.717, 1.165) is 42.1 Å². The van der Waals surface area contributed by atoms with Crippen molar-refractivity contribution in [3.8, 4) is 5.75 Å². The number of methoxy groups -OCH3 is 1. The molecule has 1 saturated carbocycles. The molecule has 1 unspecified atom stereocenters. The summed E-state index contributed by atoms with van der Waals surface area (Å²) in [5, 5.41) is 14.8. The lowest BCUT2D eigenvalue weighted by molar-refractivity contribution is 0.0628. The van der Waals surface area contributed by atoms with E-state index in [1.54, 1.807) is 17.7 Å². The molecule has 0 bridgehead atoms. The number of carbonyl (C=O) groups is 1. The summed E-state index contributed by atoms with van der Waals surface area (Å²) in [4.78, 5) is 24.7. The first-order valence-electron chi connectivity index (χ1n) is 11.4. The number of pyridine rings is 1. The number of aromatic nitrogens is 1. The molecule has 1 aliphatic rings. The topological polar surface area (TPSA) is 89.8 Å². The summed E-state index contributed by atoms with van der Waals surface area (Å²) >= 11 is 0. The molecule has 7 nitrogen and oxygen atoms in total. The van der Waals surface area contributed by atoms with E-state index in [4.69, 9.17) is 9.47 Å². The van der Waals surface area contributed by atoms with Crippen LogP contribution in [0.1, 0.15) is 31.2 Å². The predicted octanol–water partition coefficient (Wildman–Crippen LogP) is 3.86. The molecule has 1 fully saturated rings. The fraction of sp³-hybridized carbons (Fsp3) is 0.385. The molecule has 0 saturated heterocycles. The van der Waals surface area contributed by atoms with Crippen molar-refractivity contribution in [3.05, 3.63) is 76.6 Å². The number of fused-ring (bicyclic) bond motifs is 1. The fourth-order valence-electron chi connectivity index (χ4n) is 4.50. The van der Waals surface area contributed by atoms with Crippen LogP contribution in [0.2, 0.25) is 0 Å². The number of aliphatic hydroxyl groups excluding tert-OH is 1. The summed E-state index contributed by atoms with van der Waals surface area (Å²) < 4.78 is 12.2. The molecule has 0 spiro atoms. The maximum absolute atomic E-state index is 12.5. The number of nitrogens with one attached hydrogen (secondary N) is 1. The molecule has 1 aromatic heterocycles. The molecular weight excluding hydrogens is 420 g/mol. The van der Waals surface area contributed by atoms with E-state index in [9.17, 15) is 14.7 Å². The van der Waals surface area contributed by atoms with Crippen LogP contribution in [0.3, 0.4) is 0 Å². The van der Waals surface area contributed by atoms with Crippen molar-refractivity contribution in [2.75, 3.05) is 7.11 Å². The molecule has 1 amide bonds. The second-order valence-corrected chi connectivity index (χ2v) is 8.59. The highest BCUT2D eigenvalue weighted by atomic mass is 16.5. The monoisotopic (exact) mass is 450 g/mol. The van der Waals surface area contributed by atoms with E-state index < -0.39 is 12.2 Å². The zero-order valence-corrected chi connectivity index (χ0v) is 18.8. The number of aliphatic hydroxyl groups is 1. The maximum atomic E-state index is 12.5. The van der Waals surface area contributed by atoms with Crippen molar-refractivity contribution < 1.29 is 19.4 Å². The standard InChI is InChI=1S/C26H30N2O5/c1-32-22-13-9-19-10-14-25(30)28(23(19)15-22)16-24(29)20-7-11-21(12-8-20)27-26(31)33-17-18-5-3-2-4-6-18/h2-6,9-10,13-15,20-21,24,29H,7-8,11-12,16-17H2,1H3,(H,27,31). The number of ether oxygens (including phenoxy) is 2. The van der Waals surface area contributed by atoms with E-state index in [0.29, 0.717) is 5.75 Å². The molecule has 2 N–H and O–H groups in total. The Labute approximate surface area is 193 Å². The summed E-state index contributed by atoms with van der Waals surface area (Å²) in [6.45, 7) is 0.469. The summed E-state index contributed by atoms with van der Waals surface area (Å²) in [5.74, 6) is 0.734. The first kappa shape index (κ1) is 22.9. The lowest BCUT2D eigenvalue weighted by atomic mass is 9.82. The summed E-state index contributed by atoms with van der Waals surface area (Å²) in [6.07, 6.45) is 2.01. The first-order chi connectivity index (χ1) is 16.0. The molecule has 3 aromatic rings. The second kappa shape index (κ2) is 10.5. The smallest absolute Gasteiger partial charge is 0.407 e. The Balaban J connectivity index is 1.31. The number of hydrogen-bond acceptors (Lipinski definition) is 5. The normalized spacial score (nSPS) is 19.1. The minimum absolute atomic E-state index is 0.0289. The molecule has 7 heteroatoms. The third-order valence-corrected chi connectivity index (χ3v) is 6.42. The molecule has 2 aromatic carbocycles. The van der Waals surface area contributed by atoms with E-state index in [2.05, 4.69) is 5.32 Å². The second-order valence-electron chi connectivity index (χ2n) is 8.59. The van der Waals surface area contributed by atoms with Crippen molar-refractivity contribution in [1.29, 1.82) is 0 Å². The van der Waals surface area contributed by atoms with E-state index in [1.807, 2.05) is 48.5 Å². The van der Waals surface area contributed by atoms with Gasteiger partial charge in [0.15, 0.2) is 0 Å². The van der Waals surface area contributed by atoms with Crippen LogP contribution in [-0.2, 0) is 17.9 Å². The van der Waals surface area contributed by atoms with Gasteiger partial charge in [0.1, 0.15) is 12.4 Å². The van der Waals surface area contributed by atoms with Crippen LogP contribution in [0.5, 0.6) is 5.75 Å². The van der Waals surface area contributed by atoms with Gasteiger partial charge in [-0.1, -0.05) is 30.3 Å². The SMILES string of the molecule is COc1ccc2ccc(=O)n(CC(O)C3CCC(NC(=O)OCc4ccccc4)CC3)c2c1. The van der Waals surface area contributed by atoms with Gasteiger partial charge in [-0.05, 0) is 60.7 Å². The Morgan fingerprint density at radius 2 is 1.82 bits per heavy atom. The minimum atomic E-state index is -0.648. The Morgan fingerprint density at radius 1 is 1.09 bits per heavy atom. The number of hydrogen-bond donors (Lipinski definition) is 2. The van der Waals surface area contributed by atoms with E-state index in [-0.39, 0.29) is 30.7 Å². The van der Waals surface area contributed by atoms with Gasteiger partial charge in [0, 0.05) is 18.2 Å². The van der Waals surface area contributed by atoms with Gasteiger partial charge in [0.25, 0.3) is 5.56 Å². The van der Waals surface area contributed by atoms with Gasteiger partial charge in [-0.25, -0.2) is 4.79 Å². The summed E-state index contributed by atoms with van der Waals surface area (Å²) in [5.41, 5.74) is 1.55. The van der Waals surface area contributed by atoms with Crippen LogP contribution in [-0.4, -0.2) is 35.0 Å². The van der Waals surface area contributed by atoms with Crippen LogP contribution in [0.4, 0.5) is 4.79 Å². The molecule has 1 heterocycles. The predicted molar refractivity (Wildman–Crippen MR) is 126 cm³/mol. The number of rotatable bonds is 7. The Bertz CT molecular complexity index is 1140. The molecule has 4 rings (SSSR count). The molecule has 1 aliphatic carbocycles. The number of alkyl carbamates (subject to hydrolysis) is 1. The Morgan fingerprint density at radius 3 is 2.55 bits per heavy atom. The summed E-state index contributed by atoms with van der Waals surface area (Å²) in [7, 11) is 1.59. The Kier molecular flexibility index (Phi) is 7.29. The number of nitrogens with zero attached hydrogens (tertiary/aromatic N) is 1. The third kappa shape index (κ3) is 5.73. The van der Waals surface area contributed by atoms with E-state index >= 15 is 0 Å². The van der Waals surface area contributed by atoms with Crippen molar-refractivity contribution in [3.63, 3.8) is 0 Å². The lowest BCUT2D eigenvalue weighted by Gasteiger charge is -2.32. The van der Waals surface area contributed by atoms with Crippen molar-refractivity contribution in [2.45, 2.75) is 51.0 Å². The van der Waals surface area contributed by atoms with Crippen molar-refractivity contribution in [2.24, 2.45) is 5.92 Å². The number of benzene rings is 2. The molecule has 0 aliphatic heterocycles. The molecule has 174 valence electrons. The van der Waals surface area contributed by atoms with Crippen molar-refractivity contribution >= 4 is 17.0 Å². The largest absolute Gasteiger partial charge is 0.497 e. The minimum Gasteiger partial charge on any atom is -0.497 e. The zero-order valence-electron chi connectivity index (χ0n) is 18.8. The van der Waals surface area contributed by atoms with Crippen molar-refractivity contribution in [1.82, 2.24) is 9.88 Å².